The zero-order valence-electron chi connectivity index (χ0n) is 9.62. The first kappa shape index (κ1) is 12.5. The van der Waals surface area contributed by atoms with Gasteiger partial charge in [-0.05, 0) is 32.6 Å². The molecule has 15 heavy (non-hydrogen) atoms. The van der Waals surface area contributed by atoms with Crippen molar-refractivity contribution >= 4 is 5.97 Å². The van der Waals surface area contributed by atoms with E-state index in [-0.39, 0.29) is 12.1 Å². The van der Waals surface area contributed by atoms with E-state index in [1.807, 2.05) is 0 Å². The Morgan fingerprint density at radius 3 is 2.93 bits per heavy atom. The standard InChI is InChI=1S/C11H21NO3/c1-3-15-10(13)8-11(12)6-4-5-9(7-11)14-2/h9H,3-8,12H2,1-2H3. The van der Waals surface area contributed by atoms with Crippen LogP contribution in [-0.2, 0) is 14.3 Å². The second kappa shape index (κ2) is 5.47. The van der Waals surface area contributed by atoms with Crippen LogP contribution in [0.4, 0.5) is 0 Å². The summed E-state index contributed by atoms with van der Waals surface area (Å²) >= 11 is 0. The largest absolute Gasteiger partial charge is 0.466 e. The van der Waals surface area contributed by atoms with E-state index in [4.69, 9.17) is 15.2 Å². The van der Waals surface area contributed by atoms with Gasteiger partial charge in [0.15, 0.2) is 0 Å². The Balaban J connectivity index is 2.46. The lowest BCUT2D eigenvalue weighted by atomic mass is 9.79. The van der Waals surface area contributed by atoms with E-state index in [9.17, 15) is 4.79 Å². The van der Waals surface area contributed by atoms with Gasteiger partial charge >= 0.3 is 5.97 Å². The van der Waals surface area contributed by atoms with Gasteiger partial charge in [0.1, 0.15) is 0 Å². The van der Waals surface area contributed by atoms with Crippen LogP contribution in [0.1, 0.15) is 39.0 Å². The smallest absolute Gasteiger partial charge is 0.307 e. The van der Waals surface area contributed by atoms with E-state index in [0.29, 0.717) is 13.0 Å². The molecule has 0 amide bonds. The number of ether oxygens (including phenoxy) is 2. The fraction of sp³-hybridized carbons (Fsp3) is 0.909. The molecule has 4 heteroatoms. The number of methoxy groups -OCH3 is 1. The third kappa shape index (κ3) is 3.80. The number of nitrogens with two attached hydrogens (primary N) is 1. The molecule has 0 radical (unpaired) electrons. The number of hydrogen-bond acceptors (Lipinski definition) is 4. The number of hydrogen-bond donors (Lipinski definition) is 1. The Morgan fingerprint density at radius 1 is 1.60 bits per heavy atom. The second-order valence-corrected chi connectivity index (χ2v) is 4.30. The topological polar surface area (TPSA) is 61.5 Å². The van der Waals surface area contributed by atoms with Crippen LogP contribution >= 0.6 is 0 Å². The summed E-state index contributed by atoms with van der Waals surface area (Å²) in [6.45, 7) is 2.22. The van der Waals surface area contributed by atoms with Crippen molar-refractivity contribution in [3.8, 4) is 0 Å². The van der Waals surface area contributed by atoms with E-state index >= 15 is 0 Å². The van der Waals surface area contributed by atoms with Crippen molar-refractivity contribution in [2.45, 2.75) is 50.7 Å². The van der Waals surface area contributed by atoms with Crippen LogP contribution in [0.3, 0.4) is 0 Å². The zero-order chi connectivity index (χ0) is 11.3. The van der Waals surface area contributed by atoms with Crippen LogP contribution < -0.4 is 5.73 Å². The lowest BCUT2D eigenvalue weighted by molar-refractivity contribution is -0.145. The average Bonchev–Trinajstić information content (AvgIpc) is 2.17. The molecular weight excluding hydrogens is 194 g/mol. The quantitative estimate of drug-likeness (QED) is 0.716. The minimum atomic E-state index is -0.425. The molecule has 0 bridgehead atoms. The Labute approximate surface area is 91.1 Å². The van der Waals surface area contributed by atoms with Gasteiger partial charge in [0.25, 0.3) is 0 Å². The number of carbonyl (C=O) groups excluding carboxylic acids is 1. The van der Waals surface area contributed by atoms with Gasteiger partial charge in [-0.25, -0.2) is 0 Å². The maximum absolute atomic E-state index is 11.4. The summed E-state index contributed by atoms with van der Waals surface area (Å²) in [4.78, 5) is 11.4. The molecule has 0 aromatic heterocycles. The third-order valence-electron chi connectivity index (χ3n) is 2.97. The molecule has 1 rings (SSSR count). The van der Waals surface area contributed by atoms with Crippen molar-refractivity contribution in [1.82, 2.24) is 0 Å². The lowest BCUT2D eigenvalue weighted by Gasteiger charge is -2.36. The predicted molar refractivity (Wildman–Crippen MR) is 57.4 cm³/mol. The molecule has 0 spiro atoms. The van der Waals surface area contributed by atoms with Crippen LogP contribution in [0.2, 0.25) is 0 Å². The first-order chi connectivity index (χ1) is 7.09. The molecule has 1 fully saturated rings. The molecule has 2 unspecified atom stereocenters. The van der Waals surface area contributed by atoms with E-state index in [0.717, 1.165) is 25.7 Å². The van der Waals surface area contributed by atoms with Crippen molar-refractivity contribution in [2.75, 3.05) is 13.7 Å². The Morgan fingerprint density at radius 2 is 2.33 bits per heavy atom. The van der Waals surface area contributed by atoms with Crippen molar-refractivity contribution < 1.29 is 14.3 Å². The van der Waals surface area contributed by atoms with Crippen molar-refractivity contribution in [2.24, 2.45) is 5.73 Å². The molecule has 2 N–H and O–H groups in total. The fourth-order valence-electron chi connectivity index (χ4n) is 2.20. The molecule has 0 aromatic carbocycles. The van der Waals surface area contributed by atoms with Crippen molar-refractivity contribution in [3.63, 3.8) is 0 Å². The molecule has 0 heterocycles. The highest BCUT2D eigenvalue weighted by molar-refractivity contribution is 5.70. The molecule has 1 saturated carbocycles. The summed E-state index contributed by atoms with van der Waals surface area (Å²) in [6.07, 6.45) is 4.19. The van der Waals surface area contributed by atoms with Gasteiger partial charge in [0.05, 0.1) is 19.1 Å². The summed E-state index contributed by atoms with van der Waals surface area (Å²) in [5, 5.41) is 0. The Hall–Kier alpha value is -0.610. The molecule has 4 nitrogen and oxygen atoms in total. The van der Waals surface area contributed by atoms with E-state index < -0.39 is 5.54 Å². The van der Waals surface area contributed by atoms with Gasteiger partial charge in [-0.15, -0.1) is 0 Å². The molecular formula is C11H21NO3. The molecule has 1 aliphatic rings. The predicted octanol–water partition coefficient (Wildman–Crippen LogP) is 1.23. The molecule has 0 aliphatic heterocycles. The van der Waals surface area contributed by atoms with Crippen LogP contribution in [0, 0.1) is 0 Å². The maximum atomic E-state index is 11.4. The summed E-state index contributed by atoms with van der Waals surface area (Å²) < 4.78 is 10.2. The van der Waals surface area contributed by atoms with Gasteiger partial charge < -0.3 is 15.2 Å². The maximum Gasteiger partial charge on any atom is 0.307 e. The molecule has 2 atom stereocenters. The highest BCUT2D eigenvalue weighted by Crippen LogP contribution is 2.30. The summed E-state index contributed by atoms with van der Waals surface area (Å²) in [5.41, 5.74) is 5.75. The second-order valence-electron chi connectivity index (χ2n) is 4.30. The number of carbonyl (C=O) groups is 1. The van der Waals surface area contributed by atoms with Gasteiger partial charge in [0, 0.05) is 12.6 Å². The first-order valence-electron chi connectivity index (χ1n) is 5.57. The van der Waals surface area contributed by atoms with Crippen LogP contribution in [0.5, 0.6) is 0 Å². The average molecular weight is 215 g/mol. The minimum Gasteiger partial charge on any atom is -0.466 e. The zero-order valence-corrected chi connectivity index (χ0v) is 9.62. The van der Waals surface area contributed by atoms with Gasteiger partial charge in [-0.1, -0.05) is 0 Å². The minimum absolute atomic E-state index is 0.193. The van der Waals surface area contributed by atoms with E-state index in [1.54, 1.807) is 14.0 Å². The number of rotatable bonds is 4. The lowest BCUT2D eigenvalue weighted by Crippen LogP contribution is -2.48. The fourth-order valence-corrected chi connectivity index (χ4v) is 2.20. The van der Waals surface area contributed by atoms with Crippen LogP contribution in [0.15, 0.2) is 0 Å². The summed E-state index contributed by atoms with van der Waals surface area (Å²) in [7, 11) is 1.70. The highest BCUT2D eigenvalue weighted by atomic mass is 16.5. The molecule has 1 aliphatic carbocycles. The number of esters is 1. The van der Waals surface area contributed by atoms with E-state index in [1.165, 1.54) is 0 Å². The highest BCUT2D eigenvalue weighted by Gasteiger charge is 2.35. The van der Waals surface area contributed by atoms with Gasteiger partial charge in [-0.3, -0.25) is 4.79 Å². The Bertz CT molecular complexity index is 220. The normalized spacial score (nSPS) is 31.3. The van der Waals surface area contributed by atoms with Crippen molar-refractivity contribution in [1.29, 1.82) is 0 Å². The molecule has 0 aromatic rings. The molecule has 88 valence electrons. The third-order valence-corrected chi connectivity index (χ3v) is 2.97. The van der Waals surface area contributed by atoms with Crippen LogP contribution in [-0.4, -0.2) is 31.3 Å². The first-order valence-corrected chi connectivity index (χ1v) is 5.57. The van der Waals surface area contributed by atoms with Gasteiger partial charge in [-0.2, -0.15) is 0 Å². The Kier molecular flexibility index (Phi) is 4.54. The monoisotopic (exact) mass is 215 g/mol. The van der Waals surface area contributed by atoms with Crippen LogP contribution in [0.25, 0.3) is 0 Å². The van der Waals surface area contributed by atoms with Gasteiger partial charge in [0.2, 0.25) is 0 Å². The summed E-state index contributed by atoms with van der Waals surface area (Å²) in [6, 6.07) is 0. The van der Waals surface area contributed by atoms with Crippen molar-refractivity contribution in [3.05, 3.63) is 0 Å². The molecule has 0 saturated heterocycles. The van der Waals surface area contributed by atoms with E-state index in [2.05, 4.69) is 0 Å². The summed E-state index contributed by atoms with van der Waals surface area (Å²) in [5.74, 6) is -0.197. The SMILES string of the molecule is CCOC(=O)CC1(N)CCCC(OC)C1.